The quantitative estimate of drug-likeness (QED) is 0.849. The number of rotatable bonds is 4. The van der Waals surface area contributed by atoms with Crippen LogP contribution < -0.4 is 14.8 Å². The largest absolute Gasteiger partial charge is 0.497 e. The number of carbonyl (C=O) groups excluding carboxylic acids is 2. The SMILES string of the molecule is COc1ccc(CN2CC(=O)Nc3ccc(Br)cc3C2=O)c(OC)c1. The molecule has 0 atom stereocenters. The minimum atomic E-state index is -0.234. The van der Waals surface area contributed by atoms with Crippen LogP contribution in [0.2, 0.25) is 0 Å². The van der Waals surface area contributed by atoms with E-state index in [9.17, 15) is 9.59 Å². The lowest BCUT2D eigenvalue weighted by atomic mass is 10.1. The van der Waals surface area contributed by atoms with Gasteiger partial charge >= 0.3 is 0 Å². The van der Waals surface area contributed by atoms with Crippen LogP contribution >= 0.6 is 15.9 Å². The van der Waals surface area contributed by atoms with Crippen molar-refractivity contribution in [2.24, 2.45) is 0 Å². The van der Waals surface area contributed by atoms with E-state index in [1.54, 1.807) is 44.6 Å². The summed E-state index contributed by atoms with van der Waals surface area (Å²) in [5, 5.41) is 2.77. The van der Waals surface area contributed by atoms with Crippen molar-refractivity contribution in [3.63, 3.8) is 0 Å². The van der Waals surface area contributed by atoms with Gasteiger partial charge in [-0.1, -0.05) is 15.9 Å². The molecule has 1 aliphatic rings. The highest BCUT2D eigenvalue weighted by molar-refractivity contribution is 9.10. The van der Waals surface area contributed by atoms with Crippen LogP contribution in [0.1, 0.15) is 15.9 Å². The van der Waals surface area contributed by atoms with Crippen LogP contribution in [0, 0.1) is 0 Å². The monoisotopic (exact) mass is 404 g/mol. The molecule has 2 amide bonds. The second-order valence-electron chi connectivity index (χ2n) is 5.58. The van der Waals surface area contributed by atoms with Crippen molar-refractivity contribution < 1.29 is 19.1 Å². The molecule has 1 N–H and O–H groups in total. The van der Waals surface area contributed by atoms with Crippen molar-refractivity contribution in [2.45, 2.75) is 6.54 Å². The molecule has 0 saturated heterocycles. The first kappa shape index (κ1) is 17.3. The lowest BCUT2D eigenvalue weighted by Crippen LogP contribution is -2.34. The van der Waals surface area contributed by atoms with Gasteiger partial charge in [0, 0.05) is 16.1 Å². The van der Waals surface area contributed by atoms with Crippen LogP contribution in [0.3, 0.4) is 0 Å². The first-order valence-electron chi connectivity index (χ1n) is 7.61. The van der Waals surface area contributed by atoms with Gasteiger partial charge in [0.2, 0.25) is 5.91 Å². The molecule has 0 saturated carbocycles. The average Bonchev–Trinajstić information content (AvgIpc) is 2.72. The second-order valence-corrected chi connectivity index (χ2v) is 6.49. The van der Waals surface area contributed by atoms with E-state index in [0.717, 1.165) is 10.0 Å². The Morgan fingerprint density at radius 3 is 2.64 bits per heavy atom. The zero-order chi connectivity index (χ0) is 18.0. The minimum absolute atomic E-state index is 0.0275. The van der Waals surface area contributed by atoms with Gasteiger partial charge in [0.25, 0.3) is 5.91 Å². The zero-order valence-electron chi connectivity index (χ0n) is 13.8. The molecule has 1 heterocycles. The third-order valence-corrected chi connectivity index (χ3v) is 4.46. The van der Waals surface area contributed by atoms with Gasteiger partial charge in [-0.25, -0.2) is 0 Å². The van der Waals surface area contributed by atoms with Gasteiger partial charge in [-0.05, 0) is 30.3 Å². The predicted molar refractivity (Wildman–Crippen MR) is 97.1 cm³/mol. The summed E-state index contributed by atoms with van der Waals surface area (Å²) in [7, 11) is 3.13. The molecule has 130 valence electrons. The molecule has 3 rings (SSSR count). The maximum Gasteiger partial charge on any atom is 0.256 e. The van der Waals surface area contributed by atoms with Crippen LogP contribution in [0.4, 0.5) is 5.69 Å². The highest BCUT2D eigenvalue weighted by Crippen LogP contribution is 2.29. The average molecular weight is 405 g/mol. The molecule has 1 aliphatic heterocycles. The van der Waals surface area contributed by atoms with Gasteiger partial charge in [0.05, 0.1) is 32.0 Å². The highest BCUT2D eigenvalue weighted by atomic mass is 79.9. The van der Waals surface area contributed by atoms with Crippen LogP contribution in [-0.2, 0) is 11.3 Å². The fraction of sp³-hybridized carbons (Fsp3) is 0.222. The van der Waals surface area contributed by atoms with E-state index in [1.807, 2.05) is 6.07 Å². The van der Waals surface area contributed by atoms with Gasteiger partial charge in [0.1, 0.15) is 18.0 Å². The standard InChI is InChI=1S/C18H17BrN2O4/c1-24-13-5-3-11(16(8-13)25-2)9-21-10-17(22)20-15-6-4-12(19)7-14(15)18(21)23/h3-8H,9-10H2,1-2H3,(H,20,22). The number of nitrogens with one attached hydrogen (secondary N) is 1. The number of ether oxygens (including phenoxy) is 2. The van der Waals surface area contributed by atoms with Crippen LogP contribution in [0.5, 0.6) is 11.5 Å². The van der Waals surface area contributed by atoms with Gasteiger partial charge < -0.3 is 19.7 Å². The third kappa shape index (κ3) is 3.61. The molecule has 0 aromatic heterocycles. The van der Waals surface area contributed by atoms with Crippen LogP contribution in [0.25, 0.3) is 0 Å². The number of amides is 2. The Balaban J connectivity index is 1.94. The Labute approximate surface area is 153 Å². The number of hydrogen-bond donors (Lipinski definition) is 1. The molecule has 0 spiro atoms. The Morgan fingerprint density at radius 1 is 1.12 bits per heavy atom. The maximum absolute atomic E-state index is 12.9. The molecule has 7 heteroatoms. The molecule has 6 nitrogen and oxygen atoms in total. The summed E-state index contributed by atoms with van der Waals surface area (Å²) in [5.41, 5.74) is 1.76. The number of benzene rings is 2. The van der Waals surface area contributed by atoms with E-state index in [1.165, 1.54) is 4.90 Å². The van der Waals surface area contributed by atoms with Crippen molar-refractivity contribution in [3.05, 3.63) is 52.0 Å². The molecule has 0 fully saturated rings. The van der Waals surface area contributed by atoms with Gasteiger partial charge in [-0.15, -0.1) is 0 Å². The van der Waals surface area contributed by atoms with E-state index in [0.29, 0.717) is 22.7 Å². The molecule has 2 aromatic rings. The zero-order valence-corrected chi connectivity index (χ0v) is 15.4. The summed E-state index contributed by atoms with van der Waals surface area (Å²) in [6.45, 7) is 0.228. The minimum Gasteiger partial charge on any atom is -0.497 e. The molecule has 0 aliphatic carbocycles. The van der Waals surface area contributed by atoms with Crippen molar-refractivity contribution in [1.82, 2.24) is 4.90 Å². The number of methoxy groups -OCH3 is 2. The second kappa shape index (κ2) is 7.14. The summed E-state index contributed by atoms with van der Waals surface area (Å²) in [6.07, 6.45) is 0. The van der Waals surface area contributed by atoms with Crippen molar-refractivity contribution >= 4 is 33.4 Å². The van der Waals surface area contributed by atoms with E-state index in [2.05, 4.69) is 21.2 Å². The van der Waals surface area contributed by atoms with E-state index in [4.69, 9.17) is 9.47 Å². The van der Waals surface area contributed by atoms with E-state index in [-0.39, 0.29) is 24.9 Å². The molecule has 2 aromatic carbocycles. The summed E-state index contributed by atoms with van der Waals surface area (Å²) >= 11 is 3.37. The Hall–Kier alpha value is -2.54. The predicted octanol–water partition coefficient (Wildman–Crippen LogP) is 3.06. The molecule has 0 unspecified atom stereocenters. The van der Waals surface area contributed by atoms with Crippen LogP contribution in [0.15, 0.2) is 40.9 Å². The topological polar surface area (TPSA) is 67.9 Å². The van der Waals surface area contributed by atoms with E-state index >= 15 is 0 Å². The van der Waals surface area contributed by atoms with Crippen molar-refractivity contribution in [3.8, 4) is 11.5 Å². The molecule has 0 bridgehead atoms. The fourth-order valence-electron chi connectivity index (χ4n) is 2.72. The molecular formula is C18H17BrN2O4. The molecule has 25 heavy (non-hydrogen) atoms. The lowest BCUT2D eigenvalue weighted by Gasteiger charge is -2.21. The number of hydrogen-bond acceptors (Lipinski definition) is 4. The number of carbonyl (C=O) groups is 2. The Morgan fingerprint density at radius 2 is 1.92 bits per heavy atom. The molecular weight excluding hydrogens is 388 g/mol. The Kier molecular flexibility index (Phi) is 4.94. The van der Waals surface area contributed by atoms with Crippen molar-refractivity contribution in [1.29, 1.82) is 0 Å². The fourth-order valence-corrected chi connectivity index (χ4v) is 3.08. The Bertz CT molecular complexity index is 838. The summed E-state index contributed by atoms with van der Waals surface area (Å²) < 4.78 is 11.4. The molecule has 0 radical (unpaired) electrons. The van der Waals surface area contributed by atoms with Gasteiger partial charge in [0.15, 0.2) is 0 Å². The number of halogens is 1. The highest BCUT2D eigenvalue weighted by Gasteiger charge is 2.27. The number of anilines is 1. The first-order chi connectivity index (χ1) is 12.0. The van der Waals surface area contributed by atoms with Crippen LogP contribution in [-0.4, -0.2) is 37.5 Å². The normalized spacial score (nSPS) is 13.8. The lowest BCUT2D eigenvalue weighted by molar-refractivity contribution is -0.116. The third-order valence-electron chi connectivity index (χ3n) is 3.96. The summed E-state index contributed by atoms with van der Waals surface area (Å²) in [6, 6.07) is 10.6. The van der Waals surface area contributed by atoms with Crippen molar-refractivity contribution in [2.75, 3.05) is 26.1 Å². The van der Waals surface area contributed by atoms with Gasteiger partial charge in [-0.3, -0.25) is 9.59 Å². The first-order valence-corrected chi connectivity index (χ1v) is 8.40. The smallest absolute Gasteiger partial charge is 0.256 e. The van der Waals surface area contributed by atoms with E-state index < -0.39 is 0 Å². The van der Waals surface area contributed by atoms with Gasteiger partial charge in [-0.2, -0.15) is 0 Å². The summed E-state index contributed by atoms with van der Waals surface area (Å²) in [4.78, 5) is 26.6. The number of nitrogens with zero attached hydrogens (tertiary/aromatic N) is 1. The number of fused-ring (bicyclic) bond motifs is 1. The maximum atomic E-state index is 12.9. The summed E-state index contributed by atoms with van der Waals surface area (Å²) in [5.74, 6) is 0.815.